The van der Waals surface area contributed by atoms with E-state index in [1.54, 1.807) is 0 Å². The summed E-state index contributed by atoms with van der Waals surface area (Å²) in [6.45, 7) is 4.16. The molecule has 3 N–H and O–H groups in total. The van der Waals surface area contributed by atoms with Crippen molar-refractivity contribution in [3.8, 4) is 0 Å². The van der Waals surface area contributed by atoms with Gasteiger partial charge in [-0.15, -0.1) is 0 Å². The Morgan fingerprint density at radius 1 is 1.47 bits per heavy atom. The molecule has 0 spiro atoms. The molecular formula is C13H18ClFN2O2. The van der Waals surface area contributed by atoms with Crippen molar-refractivity contribution in [2.45, 2.75) is 26.4 Å². The van der Waals surface area contributed by atoms with Crippen molar-refractivity contribution < 1.29 is 14.3 Å². The van der Waals surface area contributed by atoms with Crippen molar-refractivity contribution >= 4 is 23.3 Å². The number of amides is 2. The summed E-state index contributed by atoms with van der Waals surface area (Å²) in [6, 6.07) is 3.58. The predicted octanol–water partition coefficient (Wildman–Crippen LogP) is 3.01. The van der Waals surface area contributed by atoms with Gasteiger partial charge in [0.1, 0.15) is 5.82 Å². The number of nitrogens with one attached hydrogen (secondary N) is 2. The summed E-state index contributed by atoms with van der Waals surface area (Å²) in [7, 11) is 0. The average Bonchev–Trinajstić information content (AvgIpc) is 2.33. The molecule has 0 aliphatic heterocycles. The predicted molar refractivity (Wildman–Crippen MR) is 73.9 cm³/mol. The highest BCUT2D eigenvalue weighted by molar-refractivity contribution is 6.30. The highest BCUT2D eigenvalue weighted by Crippen LogP contribution is 2.18. The van der Waals surface area contributed by atoms with Crippen molar-refractivity contribution in [3.63, 3.8) is 0 Å². The third-order valence-corrected chi connectivity index (χ3v) is 2.98. The third kappa shape index (κ3) is 5.44. The van der Waals surface area contributed by atoms with Gasteiger partial charge in [0, 0.05) is 12.2 Å². The Bertz CT molecular complexity index is 441. The Morgan fingerprint density at radius 2 is 2.16 bits per heavy atom. The number of anilines is 1. The monoisotopic (exact) mass is 288 g/mol. The number of carbonyl (C=O) groups is 1. The second kappa shape index (κ2) is 7.31. The largest absolute Gasteiger partial charge is 0.393 e. The number of halogens is 2. The summed E-state index contributed by atoms with van der Waals surface area (Å²) in [5.41, 5.74) is 0.323. The summed E-state index contributed by atoms with van der Waals surface area (Å²) in [4.78, 5) is 11.5. The molecule has 1 aromatic carbocycles. The normalized spacial score (nSPS) is 12.3. The van der Waals surface area contributed by atoms with Crippen molar-refractivity contribution in [1.82, 2.24) is 5.32 Å². The second-order valence-corrected chi connectivity index (χ2v) is 5.02. The molecule has 106 valence electrons. The van der Waals surface area contributed by atoms with Crippen LogP contribution < -0.4 is 10.6 Å². The molecule has 0 heterocycles. The molecule has 0 saturated carbocycles. The third-order valence-electron chi connectivity index (χ3n) is 2.67. The lowest BCUT2D eigenvalue weighted by Gasteiger charge is -2.14. The molecular weight excluding hydrogens is 271 g/mol. The molecule has 4 nitrogen and oxygen atoms in total. The molecule has 0 bridgehead atoms. The number of rotatable bonds is 5. The quantitative estimate of drug-likeness (QED) is 0.780. The van der Waals surface area contributed by atoms with Gasteiger partial charge in [-0.05, 0) is 30.5 Å². The summed E-state index contributed by atoms with van der Waals surface area (Å²) in [5, 5.41) is 14.6. The zero-order chi connectivity index (χ0) is 14.4. The smallest absolute Gasteiger partial charge is 0.319 e. The minimum Gasteiger partial charge on any atom is -0.393 e. The Labute approximate surface area is 117 Å². The van der Waals surface area contributed by atoms with Gasteiger partial charge in [0.2, 0.25) is 0 Å². The first-order chi connectivity index (χ1) is 8.90. The molecule has 0 aliphatic carbocycles. The fourth-order valence-corrected chi connectivity index (χ4v) is 1.53. The minimum absolute atomic E-state index is 0.00557. The van der Waals surface area contributed by atoms with Crippen LogP contribution in [-0.2, 0) is 0 Å². The van der Waals surface area contributed by atoms with Gasteiger partial charge in [0.25, 0.3) is 0 Å². The van der Waals surface area contributed by atoms with E-state index in [2.05, 4.69) is 10.6 Å². The number of hydrogen-bond acceptors (Lipinski definition) is 2. The fourth-order valence-electron chi connectivity index (χ4n) is 1.42. The SMILES string of the molecule is CC(C)C(O)CCNC(=O)Nc1ccc(Cl)c(F)c1. The molecule has 1 aromatic rings. The molecule has 6 heteroatoms. The molecule has 0 aromatic heterocycles. The zero-order valence-corrected chi connectivity index (χ0v) is 11.7. The van der Waals surface area contributed by atoms with E-state index in [0.717, 1.165) is 6.07 Å². The van der Waals surface area contributed by atoms with Gasteiger partial charge in [-0.1, -0.05) is 25.4 Å². The van der Waals surface area contributed by atoms with E-state index in [9.17, 15) is 14.3 Å². The standard InChI is InChI=1S/C13H18ClFN2O2/c1-8(2)12(18)5-6-16-13(19)17-9-3-4-10(14)11(15)7-9/h3-4,7-8,12,18H,5-6H2,1-2H3,(H2,16,17,19). The molecule has 19 heavy (non-hydrogen) atoms. The summed E-state index contributed by atoms with van der Waals surface area (Å²) in [5.74, 6) is -0.440. The van der Waals surface area contributed by atoms with Crippen LogP contribution in [0.4, 0.5) is 14.9 Å². The van der Waals surface area contributed by atoms with E-state index in [1.165, 1.54) is 12.1 Å². The summed E-state index contributed by atoms with van der Waals surface area (Å²) < 4.78 is 13.1. The topological polar surface area (TPSA) is 61.4 Å². The Hall–Kier alpha value is -1.33. The maximum absolute atomic E-state index is 13.1. The Kier molecular flexibility index (Phi) is 6.05. The van der Waals surface area contributed by atoms with Crippen molar-refractivity contribution in [2.24, 2.45) is 5.92 Å². The molecule has 2 amide bonds. The first-order valence-electron chi connectivity index (χ1n) is 6.08. The van der Waals surface area contributed by atoms with Crippen molar-refractivity contribution in [1.29, 1.82) is 0 Å². The average molecular weight is 289 g/mol. The zero-order valence-electron chi connectivity index (χ0n) is 10.9. The lowest BCUT2D eigenvalue weighted by molar-refractivity contribution is 0.117. The first-order valence-corrected chi connectivity index (χ1v) is 6.46. The van der Waals surface area contributed by atoms with Gasteiger partial charge in [0.15, 0.2) is 0 Å². The maximum atomic E-state index is 13.1. The van der Waals surface area contributed by atoms with Crippen molar-refractivity contribution in [2.75, 3.05) is 11.9 Å². The molecule has 0 radical (unpaired) electrons. The van der Waals surface area contributed by atoms with Crippen LogP contribution in [0.15, 0.2) is 18.2 Å². The van der Waals surface area contributed by atoms with Gasteiger partial charge in [0.05, 0.1) is 11.1 Å². The first kappa shape index (κ1) is 15.7. The number of carbonyl (C=O) groups excluding carboxylic acids is 1. The van der Waals surface area contributed by atoms with Crippen LogP contribution in [0.2, 0.25) is 5.02 Å². The molecule has 1 unspecified atom stereocenters. The maximum Gasteiger partial charge on any atom is 0.319 e. The van der Waals surface area contributed by atoms with E-state index >= 15 is 0 Å². The molecule has 1 rings (SSSR count). The highest BCUT2D eigenvalue weighted by atomic mass is 35.5. The molecule has 0 aliphatic rings. The highest BCUT2D eigenvalue weighted by Gasteiger charge is 2.09. The van der Waals surface area contributed by atoms with Crippen LogP contribution >= 0.6 is 11.6 Å². The van der Waals surface area contributed by atoms with Crippen LogP contribution in [0.3, 0.4) is 0 Å². The fraction of sp³-hybridized carbons (Fsp3) is 0.462. The number of aliphatic hydroxyl groups is 1. The van der Waals surface area contributed by atoms with Gasteiger partial charge in [-0.3, -0.25) is 0 Å². The summed E-state index contributed by atoms with van der Waals surface area (Å²) >= 11 is 5.53. The summed E-state index contributed by atoms with van der Waals surface area (Å²) in [6.07, 6.45) is 0.0216. The second-order valence-electron chi connectivity index (χ2n) is 4.61. The van der Waals surface area contributed by atoms with Crippen LogP contribution in [0.25, 0.3) is 0 Å². The van der Waals surface area contributed by atoms with E-state index in [0.29, 0.717) is 18.7 Å². The van der Waals surface area contributed by atoms with Crippen molar-refractivity contribution in [3.05, 3.63) is 29.0 Å². The molecule has 1 atom stereocenters. The number of benzene rings is 1. The Morgan fingerprint density at radius 3 is 2.74 bits per heavy atom. The van der Waals surface area contributed by atoms with E-state index in [1.807, 2.05) is 13.8 Å². The van der Waals surface area contributed by atoms with Crippen LogP contribution in [0.5, 0.6) is 0 Å². The number of hydrogen-bond donors (Lipinski definition) is 3. The lowest BCUT2D eigenvalue weighted by atomic mass is 10.0. The number of urea groups is 1. The Balaban J connectivity index is 2.37. The van der Waals surface area contributed by atoms with E-state index in [4.69, 9.17) is 11.6 Å². The van der Waals surface area contributed by atoms with Gasteiger partial charge in [-0.2, -0.15) is 0 Å². The van der Waals surface area contributed by atoms with E-state index in [-0.39, 0.29) is 10.9 Å². The van der Waals surface area contributed by atoms with Crippen LogP contribution in [0, 0.1) is 11.7 Å². The minimum atomic E-state index is -0.588. The van der Waals surface area contributed by atoms with Gasteiger partial charge in [-0.25, -0.2) is 9.18 Å². The van der Waals surface area contributed by atoms with Gasteiger partial charge >= 0.3 is 6.03 Å². The van der Waals surface area contributed by atoms with Gasteiger partial charge < -0.3 is 15.7 Å². The van der Waals surface area contributed by atoms with E-state index < -0.39 is 18.0 Å². The van der Waals surface area contributed by atoms with Crippen LogP contribution in [-0.4, -0.2) is 23.8 Å². The number of aliphatic hydroxyl groups excluding tert-OH is 1. The molecule has 0 saturated heterocycles. The van der Waals surface area contributed by atoms with Crippen LogP contribution in [0.1, 0.15) is 20.3 Å². The molecule has 0 fully saturated rings. The lowest BCUT2D eigenvalue weighted by Crippen LogP contribution is -2.32.